The molecule has 0 spiro atoms. The average molecular weight is 328 g/mol. The summed E-state index contributed by atoms with van der Waals surface area (Å²) in [5.41, 5.74) is 2.35. The first kappa shape index (κ1) is 15.7. The highest BCUT2D eigenvalue weighted by atomic mass is 32.1. The Morgan fingerprint density at radius 1 is 1.17 bits per heavy atom. The maximum atomic E-state index is 12.5. The van der Waals surface area contributed by atoms with E-state index in [2.05, 4.69) is 18.0 Å². The van der Waals surface area contributed by atoms with Crippen LogP contribution in [0.3, 0.4) is 0 Å². The molecule has 3 aromatic rings. The van der Waals surface area contributed by atoms with Crippen LogP contribution in [-0.2, 0) is 13.0 Å². The van der Waals surface area contributed by atoms with Crippen LogP contribution in [0.15, 0.2) is 35.4 Å². The molecule has 0 atom stereocenters. The number of hydrogen-bond donors (Lipinski definition) is 0. The van der Waals surface area contributed by atoms with E-state index < -0.39 is 0 Å². The van der Waals surface area contributed by atoms with Gasteiger partial charge in [-0.25, -0.2) is 4.98 Å². The SMILES string of the molecule is CCc1cc2c(=O)n(CCOc3cc(C)cc(C)c3)cnc2s1. The van der Waals surface area contributed by atoms with E-state index in [1.54, 1.807) is 22.2 Å². The fourth-order valence-corrected chi connectivity index (χ4v) is 3.55. The Morgan fingerprint density at radius 2 is 1.91 bits per heavy atom. The number of aryl methyl sites for hydroxylation is 3. The van der Waals surface area contributed by atoms with E-state index in [-0.39, 0.29) is 5.56 Å². The van der Waals surface area contributed by atoms with Gasteiger partial charge in [0.05, 0.1) is 18.3 Å². The first-order valence-corrected chi connectivity index (χ1v) is 8.57. The van der Waals surface area contributed by atoms with E-state index >= 15 is 0 Å². The van der Waals surface area contributed by atoms with Crippen LogP contribution in [0.25, 0.3) is 10.2 Å². The first-order chi connectivity index (χ1) is 11.1. The van der Waals surface area contributed by atoms with Crippen molar-refractivity contribution in [3.63, 3.8) is 0 Å². The molecule has 0 aliphatic carbocycles. The third kappa shape index (κ3) is 3.45. The van der Waals surface area contributed by atoms with E-state index in [0.717, 1.165) is 17.0 Å². The number of rotatable bonds is 5. The fraction of sp³-hybridized carbons (Fsp3) is 0.333. The molecule has 0 saturated carbocycles. The summed E-state index contributed by atoms with van der Waals surface area (Å²) in [5, 5.41) is 0.709. The van der Waals surface area contributed by atoms with Crippen molar-refractivity contribution in [2.45, 2.75) is 33.7 Å². The molecule has 3 rings (SSSR count). The fourth-order valence-electron chi connectivity index (χ4n) is 2.62. The number of aromatic nitrogens is 2. The van der Waals surface area contributed by atoms with Gasteiger partial charge in [0.1, 0.15) is 17.2 Å². The van der Waals surface area contributed by atoms with E-state index in [9.17, 15) is 4.79 Å². The molecule has 4 nitrogen and oxygen atoms in total. The minimum atomic E-state index is 0.00923. The molecule has 0 aliphatic heterocycles. The van der Waals surface area contributed by atoms with E-state index in [4.69, 9.17) is 4.74 Å². The van der Waals surface area contributed by atoms with Gasteiger partial charge in [0.25, 0.3) is 5.56 Å². The van der Waals surface area contributed by atoms with Gasteiger partial charge in [0.2, 0.25) is 0 Å². The Labute approximate surface area is 139 Å². The van der Waals surface area contributed by atoms with E-state index in [0.29, 0.717) is 18.5 Å². The first-order valence-electron chi connectivity index (χ1n) is 7.76. The number of fused-ring (bicyclic) bond motifs is 1. The lowest BCUT2D eigenvalue weighted by Gasteiger charge is -2.09. The zero-order valence-electron chi connectivity index (χ0n) is 13.6. The second kappa shape index (κ2) is 6.54. The number of nitrogens with zero attached hydrogens (tertiary/aromatic N) is 2. The maximum absolute atomic E-state index is 12.5. The summed E-state index contributed by atoms with van der Waals surface area (Å²) in [6.07, 6.45) is 2.54. The number of ether oxygens (including phenoxy) is 1. The highest BCUT2D eigenvalue weighted by Crippen LogP contribution is 2.21. The van der Waals surface area contributed by atoms with Crippen LogP contribution < -0.4 is 10.3 Å². The molecule has 1 aromatic carbocycles. The van der Waals surface area contributed by atoms with Gasteiger partial charge in [-0.3, -0.25) is 9.36 Å². The van der Waals surface area contributed by atoms with Crippen molar-refractivity contribution in [1.29, 1.82) is 0 Å². The second-order valence-corrected chi connectivity index (χ2v) is 6.82. The summed E-state index contributed by atoms with van der Waals surface area (Å²) in [4.78, 5) is 18.9. The Morgan fingerprint density at radius 3 is 2.61 bits per heavy atom. The standard InChI is InChI=1S/C18H20N2O2S/c1-4-15-10-16-17(23-15)19-11-20(18(16)21)5-6-22-14-8-12(2)7-13(3)9-14/h7-11H,4-6H2,1-3H3. The molecule has 0 fully saturated rings. The molecule has 2 aromatic heterocycles. The van der Waals surface area contributed by atoms with Crippen molar-refractivity contribution in [2.75, 3.05) is 6.61 Å². The van der Waals surface area contributed by atoms with Crippen molar-refractivity contribution in [3.05, 3.63) is 57.0 Å². The van der Waals surface area contributed by atoms with Crippen LogP contribution in [0.1, 0.15) is 22.9 Å². The van der Waals surface area contributed by atoms with Crippen LogP contribution in [0.2, 0.25) is 0 Å². The Balaban J connectivity index is 1.74. The monoisotopic (exact) mass is 328 g/mol. The third-order valence-electron chi connectivity index (χ3n) is 3.71. The van der Waals surface area contributed by atoms with Crippen LogP contribution in [-0.4, -0.2) is 16.2 Å². The van der Waals surface area contributed by atoms with Gasteiger partial charge >= 0.3 is 0 Å². The summed E-state index contributed by atoms with van der Waals surface area (Å²) in [5.74, 6) is 0.841. The van der Waals surface area contributed by atoms with Gasteiger partial charge in [-0.1, -0.05) is 13.0 Å². The highest BCUT2D eigenvalue weighted by Gasteiger charge is 2.08. The summed E-state index contributed by atoms with van der Waals surface area (Å²) >= 11 is 1.59. The summed E-state index contributed by atoms with van der Waals surface area (Å²) in [6.45, 7) is 7.11. The van der Waals surface area contributed by atoms with Crippen molar-refractivity contribution in [1.82, 2.24) is 9.55 Å². The summed E-state index contributed by atoms with van der Waals surface area (Å²) in [6, 6.07) is 8.07. The van der Waals surface area contributed by atoms with Gasteiger partial charge in [0.15, 0.2) is 0 Å². The number of hydrogen-bond acceptors (Lipinski definition) is 4. The predicted octanol–water partition coefficient (Wildman–Crippen LogP) is 3.72. The van der Waals surface area contributed by atoms with Crippen LogP contribution in [0.4, 0.5) is 0 Å². The molecule has 0 amide bonds. The third-order valence-corrected chi connectivity index (χ3v) is 4.90. The van der Waals surface area contributed by atoms with Crippen LogP contribution >= 0.6 is 11.3 Å². The quantitative estimate of drug-likeness (QED) is 0.717. The Bertz CT molecular complexity index is 875. The lowest BCUT2D eigenvalue weighted by atomic mass is 10.1. The molecule has 0 N–H and O–H groups in total. The molecular formula is C18H20N2O2S. The molecule has 2 heterocycles. The largest absolute Gasteiger partial charge is 0.492 e. The molecule has 0 radical (unpaired) electrons. The summed E-state index contributed by atoms with van der Waals surface area (Å²) < 4.78 is 7.40. The molecule has 120 valence electrons. The molecule has 23 heavy (non-hydrogen) atoms. The number of thiophene rings is 1. The minimum absolute atomic E-state index is 0.00923. The molecule has 5 heteroatoms. The number of benzene rings is 1. The Hall–Kier alpha value is -2.14. The van der Waals surface area contributed by atoms with Crippen LogP contribution in [0, 0.1) is 13.8 Å². The van der Waals surface area contributed by atoms with Crippen molar-refractivity contribution >= 4 is 21.6 Å². The molecular weight excluding hydrogens is 308 g/mol. The van der Waals surface area contributed by atoms with E-state index in [1.165, 1.54) is 16.0 Å². The lowest BCUT2D eigenvalue weighted by Crippen LogP contribution is -2.23. The van der Waals surface area contributed by atoms with E-state index in [1.807, 2.05) is 32.0 Å². The van der Waals surface area contributed by atoms with Gasteiger partial charge in [-0.05, 0) is 49.6 Å². The smallest absolute Gasteiger partial charge is 0.262 e. The minimum Gasteiger partial charge on any atom is -0.492 e. The zero-order chi connectivity index (χ0) is 16.4. The molecule has 0 bridgehead atoms. The zero-order valence-corrected chi connectivity index (χ0v) is 14.4. The second-order valence-electron chi connectivity index (χ2n) is 5.70. The van der Waals surface area contributed by atoms with Gasteiger partial charge in [-0.2, -0.15) is 0 Å². The highest BCUT2D eigenvalue weighted by molar-refractivity contribution is 7.18. The van der Waals surface area contributed by atoms with Crippen LogP contribution in [0.5, 0.6) is 5.75 Å². The van der Waals surface area contributed by atoms with Crippen molar-refractivity contribution in [2.24, 2.45) is 0 Å². The lowest BCUT2D eigenvalue weighted by molar-refractivity contribution is 0.295. The normalized spacial score (nSPS) is 11.1. The molecule has 0 saturated heterocycles. The van der Waals surface area contributed by atoms with Gasteiger partial charge in [-0.15, -0.1) is 11.3 Å². The average Bonchev–Trinajstić information content (AvgIpc) is 2.93. The molecule has 0 unspecified atom stereocenters. The molecule has 0 aliphatic rings. The van der Waals surface area contributed by atoms with Crippen molar-refractivity contribution < 1.29 is 4.74 Å². The topological polar surface area (TPSA) is 44.1 Å². The Kier molecular flexibility index (Phi) is 4.48. The predicted molar refractivity (Wildman–Crippen MR) is 94.7 cm³/mol. The maximum Gasteiger partial charge on any atom is 0.262 e. The van der Waals surface area contributed by atoms with Gasteiger partial charge < -0.3 is 4.74 Å². The summed E-state index contributed by atoms with van der Waals surface area (Å²) in [7, 11) is 0. The van der Waals surface area contributed by atoms with Crippen molar-refractivity contribution in [3.8, 4) is 5.75 Å². The van der Waals surface area contributed by atoms with Gasteiger partial charge in [0, 0.05) is 4.88 Å².